The first-order chi connectivity index (χ1) is 8.19. The van der Waals surface area contributed by atoms with Gasteiger partial charge in [0.2, 0.25) is 0 Å². The number of amides is 1. The Morgan fingerprint density at radius 3 is 3.06 bits per heavy atom. The standard InChI is InChI=1S/C12H15FN2O2/c13-10-3-1-2-9(6-10)7-15-8-11(4-5-14)17-12(15)16/h1-3,6,11H,4-5,7-8,14H2. The molecule has 1 amide bonds. The third-order valence-electron chi connectivity index (χ3n) is 2.70. The molecule has 92 valence electrons. The summed E-state index contributed by atoms with van der Waals surface area (Å²) in [6.45, 7) is 1.38. The molecule has 1 aliphatic rings. The van der Waals surface area contributed by atoms with E-state index in [0.29, 0.717) is 26.1 Å². The third kappa shape index (κ3) is 2.94. The molecule has 2 N–H and O–H groups in total. The van der Waals surface area contributed by atoms with Gasteiger partial charge in [-0.15, -0.1) is 0 Å². The van der Waals surface area contributed by atoms with E-state index in [4.69, 9.17) is 10.5 Å². The summed E-state index contributed by atoms with van der Waals surface area (Å²) in [5.41, 5.74) is 6.17. The van der Waals surface area contributed by atoms with Crippen molar-refractivity contribution in [3.05, 3.63) is 35.6 Å². The maximum absolute atomic E-state index is 13.0. The molecule has 1 aromatic rings. The van der Waals surface area contributed by atoms with Gasteiger partial charge in [-0.05, 0) is 30.7 Å². The highest BCUT2D eigenvalue weighted by atomic mass is 19.1. The van der Waals surface area contributed by atoms with Crippen molar-refractivity contribution >= 4 is 6.09 Å². The van der Waals surface area contributed by atoms with Gasteiger partial charge < -0.3 is 15.4 Å². The molecule has 1 fully saturated rings. The second kappa shape index (κ2) is 5.14. The van der Waals surface area contributed by atoms with Crippen molar-refractivity contribution in [2.24, 2.45) is 5.73 Å². The van der Waals surface area contributed by atoms with Crippen LogP contribution in [0.5, 0.6) is 0 Å². The van der Waals surface area contributed by atoms with Crippen molar-refractivity contribution in [2.45, 2.75) is 19.1 Å². The van der Waals surface area contributed by atoms with E-state index in [0.717, 1.165) is 5.56 Å². The van der Waals surface area contributed by atoms with Gasteiger partial charge in [0, 0.05) is 6.54 Å². The number of nitrogens with zero attached hydrogens (tertiary/aromatic N) is 1. The minimum atomic E-state index is -0.354. The fourth-order valence-corrected chi connectivity index (χ4v) is 1.90. The van der Waals surface area contributed by atoms with Gasteiger partial charge in [-0.2, -0.15) is 0 Å². The molecule has 0 aliphatic carbocycles. The molecular formula is C12H15FN2O2. The lowest BCUT2D eigenvalue weighted by Gasteiger charge is -2.12. The zero-order valence-corrected chi connectivity index (χ0v) is 9.43. The number of hydrogen-bond acceptors (Lipinski definition) is 3. The molecule has 2 rings (SSSR count). The van der Waals surface area contributed by atoms with Gasteiger partial charge in [-0.25, -0.2) is 9.18 Å². The number of benzene rings is 1. The van der Waals surface area contributed by atoms with E-state index in [1.54, 1.807) is 17.0 Å². The number of ether oxygens (including phenoxy) is 1. The molecule has 1 atom stereocenters. The van der Waals surface area contributed by atoms with Crippen LogP contribution in [-0.4, -0.2) is 30.2 Å². The molecule has 17 heavy (non-hydrogen) atoms. The second-order valence-corrected chi connectivity index (χ2v) is 4.09. The van der Waals surface area contributed by atoms with Crippen molar-refractivity contribution in [3.63, 3.8) is 0 Å². The summed E-state index contributed by atoms with van der Waals surface area (Å²) in [7, 11) is 0. The first kappa shape index (κ1) is 11.9. The predicted octanol–water partition coefficient (Wildman–Crippen LogP) is 1.50. The Bertz CT molecular complexity index is 411. The largest absolute Gasteiger partial charge is 0.444 e. The summed E-state index contributed by atoms with van der Waals surface area (Å²) < 4.78 is 18.1. The molecule has 0 spiro atoms. The molecule has 1 saturated heterocycles. The van der Waals surface area contributed by atoms with Crippen LogP contribution in [-0.2, 0) is 11.3 Å². The fourth-order valence-electron chi connectivity index (χ4n) is 1.90. The van der Waals surface area contributed by atoms with Crippen LogP contribution in [0.25, 0.3) is 0 Å². The number of cyclic esters (lactones) is 1. The number of carbonyl (C=O) groups excluding carboxylic acids is 1. The number of hydrogen-bond donors (Lipinski definition) is 1. The van der Waals surface area contributed by atoms with Gasteiger partial charge in [-0.1, -0.05) is 12.1 Å². The Kier molecular flexibility index (Phi) is 3.58. The van der Waals surface area contributed by atoms with Crippen LogP contribution in [0.3, 0.4) is 0 Å². The molecule has 0 saturated carbocycles. The molecule has 0 radical (unpaired) electrons. The Balaban J connectivity index is 1.98. The SMILES string of the molecule is NCCC1CN(Cc2cccc(F)c2)C(=O)O1. The zero-order chi connectivity index (χ0) is 12.3. The first-order valence-electron chi connectivity index (χ1n) is 5.59. The van der Waals surface area contributed by atoms with Crippen molar-refractivity contribution in [1.29, 1.82) is 0 Å². The Hall–Kier alpha value is -1.62. The van der Waals surface area contributed by atoms with Crippen LogP contribution in [0.15, 0.2) is 24.3 Å². The summed E-state index contributed by atoms with van der Waals surface area (Å²) in [6, 6.07) is 6.21. The molecule has 1 aliphatic heterocycles. The predicted molar refractivity (Wildman–Crippen MR) is 60.8 cm³/mol. The highest BCUT2D eigenvalue weighted by Crippen LogP contribution is 2.17. The van der Waals surface area contributed by atoms with Crippen LogP contribution in [0, 0.1) is 5.82 Å². The van der Waals surface area contributed by atoms with Crippen molar-refractivity contribution in [2.75, 3.05) is 13.1 Å². The van der Waals surface area contributed by atoms with Gasteiger partial charge in [0.05, 0.1) is 6.54 Å². The van der Waals surface area contributed by atoms with E-state index in [2.05, 4.69) is 0 Å². The average Bonchev–Trinajstić information content (AvgIpc) is 2.60. The molecular weight excluding hydrogens is 223 g/mol. The molecule has 4 nitrogen and oxygen atoms in total. The topological polar surface area (TPSA) is 55.6 Å². The van der Waals surface area contributed by atoms with Crippen LogP contribution >= 0.6 is 0 Å². The van der Waals surface area contributed by atoms with Crippen LogP contribution < -0.4 is 5.73 Å². The van der Waals surface area contributed by atoms with Crippen molar-refractivity contribution < 1.29 is 13.9 Å². The maximum atomic E-state index is 13.0. The Labute approximate surface area is 99.2 Å². The molecule has 1 heterocycles. The summed E-state index contributed by atoms with van der Waals surface area (Å²) in [4.78, 5) is 13.1. The molecule has 1 aromatic carbocycles. The molecule has 0 bridgehead atoms. The highest BCUT2D eigenvalue weighted by Gasteiger charge is 2.30. The van der Waals surface area contributed by atoms with E-state index < -0.39 is 0 Å². The Morgan fingerprint density at radius 2 is 2.35 bits per heavy atom. The highest BCUT2D eigenvalue weighted by molar-refractivity contribution is 5.69. The van der Waals surface area contributed by atoms with Crippen LogP contribution in [0.4, 0.5) is 9.18 Å². The van der Waals surface area contributed by atoms with Crippen molar-refractivity contribution in [3.8, 4) is 0 Å². The molecule has 0 aromatic heterocycles. The van der Waals surface area contributed by atoms with Gasteiger partial charge >= 0.3 is 6.09 Å². The van der Waals surface area contributed by atoms with Crippen LogP contribution in [0.2, 0.25) is 0 Å². The summed E-state index contributed by atoms with van der Waals surface area (Å²) in [6.07, 6.45) is 0.166. The van der Waals surface area contributed by atoms with Crippen molar-refractivity contribution in [1.82, 2.24) is 4.90 Å². The Morgan fingerprint density at radius 1 is 1.53 bits per heavy atom. The lowest BCUT2D eigenvalue weighted by molar-refractivity contribution is 0.129. The summed E-state index contributed by atoms with van der Waals surface area (Å²) in [5.74, 6) is -0.298. The summed E-state index contributed by atoms with van der Waals surface area (Å²) >= 11 is 0. The van der Waals surface area contributed by atoms with Crippen LogP contribution in [0.1, 0.15) is 12.0 Å². The number of carbonyl (C=O) groups is 1. The minimum Gasteiger partial charge on any atom is -0.444 e. The van der Waals surface area contributed by atoms with Gasteiger partial charge in [0.1, 0.15) is 11.9 Å². The smallest absolute Gasteiger partial charge is 0.410 e. The minimum absolute atomic E-state index is 0.138. The quantitative estimate of drug-likeness (QED) is 0.864. The number of halogens is 1. The van der Waals surface area contributed by atoms with Gasteiger partial charge in [-0.3, -0.25) is 0 Å². The van der Waals surface area contributed by atoms with E-state index in [9.17, 15) is 9.18 Å². The zero-order valence-electron chi connectivity index (χ0n) is 9.43. The molecule has 1 unspecified atom stereocenters. The average molecular weight is 238 g/mol. The molecule has 5 heteroatoms. The fraction of sp³-hybridized carbons (Fsp3) is 0.417. The van der Waals surface area contributed by atoms with E-state index in [1.807, 2.05) is 0 Å². The normalized spacial score (nSPS) is 19.5. The van der Waals surface area contributed by atoms with Gasteiger partial charge in [0.25, 0.3) is 0 Å². The second-order valence-electron chi connectivity index (χ2n) is 4.09. The monoisotopic (exact) mass is 238 g/mol. The van der Waals surface area contributed by atoms with E-state index >= 15 is 0 Å². The van der Waals surface area contributed by atoms with Gasteiger partial charge in [0.15, 0.2) is 0 Å². The number of nitrogens with two attached hydrogens (primary N) is 1. The first-order valence-corrected chi connectivity index (χ1v) is 5.59. The van der Waals surface area contributed by atoms with E-state index in [-0.39, 0.29) is 18.0 Å². The third-order valence-corrected chi connectivity index (χ3v) is 2.70. The summed E-state index contributed by atoms with van der Waals surface area (Å²) in [5, 5.41) is 0. The lowest BCUT2D eigenvalue weighted by Crippen LogP contribution is -2.25. The maximum Gasteiger partial charge on any atom is 0.410 e. The lowest BCUT2D eigenvalue weighted by atomic mass is 10.2. The number of rotatable bonds is 4. The van der Waals surface area contributed by atoms with E-state index in [1.165, 1.54) is 12.1 Å².